The topological polar surface area (TPSA) is 61.3 Å². The molecule has 0 spiro atoms. The molecule has 0 radical (unpaired) electrons. The minimum absolute atomic E-state index is 0.0301. The minimum atomic E-state index is -0.633. The number of hydrogen-bond acceptors (Lipinski definition) is 5. The van der Waals surface area contributed by atoms with Gasteiger partial charge in [-0.2, -0.15) is 0 Å². The molecule has 0 aliphatic rings. The van der Waals surface area contributed by atoms with Gasteiger partial charge >= 0.3 is 5.97 Å². The van der Waals surface area contributed by atoms with Crippen LogP contribution in [0, 0.1) is 0 Å². The third kappa shape index (κ3) is 2.06. The quantitative estimate of drug-likeness (QED) is 0.668. The number of halogens is 1. The van der Waals surface area contributed by atoms with Crippen molar-refractivity contribution >= 4 is 17.6 Å². The molecule has 0 N–H and O–H groups in total. The van der Waals surface area contributed by atoms with Gasteiger partial charge in [0.25, 0.3) is 0 Å². The Hall–Kier alpha value is -1.36. The van der Waals surface area contributed by atoms with E-state index < -0.39 is 5.97 Å². The summed E-state index contributed by atoms with van der Waals surface area (Å²) in [6.45, 7) is 0. The molecule has 0 amide bonds. The van der Waals surface area contributed by atoms with Crippen LogP contribution in [0.25, 0.3) is 0 Å². The third-order valence-corrected chi connectivity index (χ3v) is 1.46. The van der Waals surface area contributed by atoms with E-state index in [9.17, 15) is 4.79 Å². The maximum absolute atomic E-state index is 11.1. The highest BCUT2D eigenvalue weighted by molar-refractivity contribution is 6.29. The Morgan fingerprint density at radius 3 is 2.77 bits per heavy atom. The Bertz CT molecular complexity index is 330. The normalized spacial score (nSPS) is 9.46. The summed E-state index contributed by atoms with van der Waals surface area (Å²) in [7, 11) is 2.62. The summed E-state index contributed by atoms with van der Waals surface area (Å²) in [6.07, 6.45) is 1.28. The molecule has 1 aromatic rings. The summed E-state index contributed by atoms with van der Waals surface area (Å²) < 4.78 is 9.24. The van der Waals surface area contributed by atoms with Crippen molar-refractivity contribution in [1.29, 1.82) is 0 Å². The zero-order chi connectivity index (χ0) is 9.84. The van der Waals surface area contributed by atoms with Gasteiger partial charge in [0.2, 0.25) is 11.6 Å². The molecule has 6 heteroatoms. The molecule has 1 aromatic heterocycles. The van der Waals surface area contributed by atoms with Crippen LogP contribution in [0.2, 0.25) is 5.15 Å². The van der Waals surface area contributed by atoms with Crippen LogP contribution in [0.3, 0.4) is 0 Å². The summed E-state index contributed by atoms with van der Waals surface area (Å²) in [5, 5.41) is 0.112. The van der Waals surface area contributed by atoms with Crippen molar-refractivity contribution in [3.8, 4) is 5.88 Å². The first-order valence-electron chi connectivity index (χ1n) is 3.34. The van der Waals surface area contributed by atoms with Gasteiger partial charge < -0.3 is 9.47 Å². The molecule has 0 unspecified atom stereocenters. The van der Waals surface area contributed by atoms with Gasteiger partial charge in [-0.15, -0.1) is 0 Å². The van der Waals surface area contributed by atoms with E-state index >= 15 is 0 Å². The smallest absolute Gasteiger partial charge is 0.362 e. The van der Waals surface area contributed by atoms with Crippen molar-refractivity contribution in [2.24, 2.45) is 0 Å². The average Bonchev–Trinajstić information content (AvgIpc) is 2.16. The minimum Gasteiger partial charge on any atom is -0.479 e. The standard InChI is InChI=1S/C7H7ClN2O3/c1-12-6-5(7(11)13-2)10-4(8)3-9-6/h3H,1-2H3. The summed E-state index contributed by atoms with van der Waals surface area (Å²) >= 11 is 5.54. The number of rotatable bonds is 2. The second kappa shape index (κ2) is 4.04. The van der Waals surface area contributed by atoms with Crippen LogP contribution < -0.4 is 4.74 Å². The van der Waals surface area contributed by atoms with Gasteiger partial charge in [0.15, 0.2) is 0 Å². The number of ether oxygens (including phenoxy) is 2. The van der Waals surface area contributed by atoms with E-state index in [0.717, 1.165) is 0 Å². The van der Waals surface area contributed by atoms with Crippen LogP contribution >= 0.6 is 11.6 Å². The lowest BCUT2D eigenvalue weighted by molar-refractivity contribution is 0.0589. The fourth-order valence-corrected chi connectivity index (χ4v) is 0.869. The number of hydrogen-bond donors (Lipinski definition) is 0. The molecule has 1 rings (SSSR count). The van der Waals surface area contributed by atoms with Gasteiger partial charge in [-0.25, -0.2) is 14.8 Å². The first-order valence-corrected chi connectivity index (χ1v) is 3.71. The average molecular weight is 203 g/mol. The highest BCUT2D eigenvalue weighted by Crippen LogP contribution is 2.15. The van der Waals surface area contributed by atoms with E-state index in [2.05, 4.69) is 14.7 Å². The number of methoxy groups -OCH3 is 2. The second-order valence-corrected chi connectivity index (χ2v) is 2.43. The fraction of sp³-hybridized carbons (Fsp3) is 0.286. The number of nitrogens with zero attached hydrogens (tertiary/aromatic N) is 2. The Balaban J connectivity index is 3.15. The van der Waals surface area contributed by atoms with E-state index in [4.69, 9.17) is 16.3 Å². The summed E-state index contributed by atoms with van der Waals surface area (Å²) in [5.74, 6) is -0.539. The van der Waals surface area contributed by atoms with Crippen LogP contribution in [0.5, 0.6) is 5.88 Å². The molecule has 0 bridgehead atoms. The van der Waals surface area contributed by atoms with Crippen LogP contribution in [0.4, 0.5) is 0 Å². The third-order valence-electron chi connectivity index (χ3n) is 1.28. The molecule has 0 aromatic carbocycles. The van der Waals surface area contributed by atoms with Crippen LogP contribution in [0.15, 0.2) is 6.20 Å². The number of aromatic nitrogens is 2. The van der Waals surface area contributed by atoms with E-state index in [1.165, 1.54) is 20.4 Å². The molecule has 0 aliphatic carbocycles. The Kier molecular flexibility index (Phi) is 3.02. The molecule has 0 saturated heterocycles. The summed E-state index contributed by atoms with van der Waals surface area (Å²) in [6, 6.07) is 0. The highest BCUT2D eigenvalue weighted by atomic mass is 35.5. The maximum Gasteiger partial charge on any atom is 0.362 e. The molecular formula is C7H7ClN2O3. The van der Waals surface area contributed by atoms with E-state index in [0.29, 0.717) is 0 Å². The lowest BCUT2D eigenvalue weighted by Gasteiger charge is -2.03. The molecule has 5 nitrogen and oxygen atoms in total. The SMILES string of the molecule is COC(=O)c1nc(Cl)cnc1OC. The summed E-state index contributed by atoms with van der Waals surface area (Å²) in [4.78, 5) is 18.5. The first-order chi connectivity index (χ1) is 6.19. The van der Waals surface area contributed by atoms with E-state index in [1.54, 1.807) is 0 Å². The molecular weight excluding hydrogens is 196 g/mol. The number of carbonyl (C=O) groups is 1. The van der Waals surface area contributed by atoms with Crippen LogP contribution in [0.1, 0.15) is 10.5 Å². The van der Waals surface area contributed by atoms with Crippen LogP contribution in [-0.4, -0.2) is 30.2 Å². The van der Waals surface area contributed by atoms with Crippen molar-refractivity contribution in [3.05, 3.63) is 17.0 Å². The predicted octanol–water partition coefficient (Wildman–Crippen LogP) is 0.925. The summed E-state index contributed by atoms with van der Waals surface area (Å²) in [5.41, 5.74) is -0.0301. The maximum atomic E-state index is 11.1. The van der Waals surface area contributed by atoms with Gasteiger partial charge in [0.1, 0.15) is 5.15 Å². The fourth-order valence-electron chi connectivity index (χ4n) is 0.736. The molecule has 0 aliphatic heterocycles. The van der Waals surface area contributed by atoms with Crippen molar-refractivity contribution in [2.45, 2.75) is 0 Å². The first kappa shape index (κ1) is 9.73. The predicted molar refractivity (Wildman–Crippen MR) is 44.9 cm³/mol. The van der Waals surface area contributed by atoms with Gasteiger partial charge in [0.05, 0.1) is 20.4 Å². The van der Waals surface area contributed by atoms with Crippen LogP contribution in [-0.2, 0) is 4.74 Å². The van der Waals surface area contributed by atoms with Crippen molar-refractivity contribution in [1.82, 2.24) is 9.97 Å². The van der Waals surface area contributed by atoms with Gasteiger partial charge in [0, 0.05) is 0 Å². The van der Waals surface area contributed by atoms with E-state index in [1.807, 2.05) is 0 Å². The molecule has 0 fully saturated rings. The molecule has 0 saturated carbocycles. The number of esters is 1. The van der Waals surface area contributed by atoms with Crippen molar-refractivity contribution < 1.29 is 14.3 Å². The molecule has 0 atom stereocenters. The lowest BCUT2D eigenvalue weighted by Crippen LogP contribution is -2.08. The zero-order valence-corrected chi connectivity index (χ0v) is 7.83. The van der Waals surface area contributed by atoms with Crippen molar-refractivity contribution in [2.75, 3.05) is 14.2 Å². The largest absolute Gasteiger partial charge is 0.479 e. The van der Waals surface area contributed by atoms with Gasteiger partial charge in [-0.1, -0.05) is 11.6 Å². The monoisotopic (exact) mass is 202 g/mol. The molecule has 70 valence electrons. The molecule has 1 heterocycles. The highest BCUT2D eigenvalue weighted by Gasteiger charge is 2.16. The Morgan fingerprint density at radius 1 is 1.54 bits per heavy atom. The number of carbonyl (C=O) groups excluding carboxylic acids is 1. The lowest BCUT2D eigenvalue weighted by atomic mass is 10.4. The zero-order valence-electron chi connectivity index (χ0n) is 7.07. The molecule has 13 heavy (non-hydrogen) atoms. The second-order valence-electron chi connectivity index (χ2n) is 2.04. The van der Waals surface area contributed by atoms with Gasteiger partial charge in [-0.3, -0.25) is 0 Å². The van der Waals surface area contributed by atoms with Gasteiger partial charge in [-0.05, 0) is 0 Å². The van der Waals surface area contributed by atoms with Crippen molar-refractivity contribution in [3.63, 3.8) is 0 Å². The van der Waals surface area contributed by atoms with E-state index in [-0.39, 0.29) is 16.7 Å². The Morgan fingerprint density at radius 2 is 2.23 bits per heavy atom. The Labute approximate surface area is 79.7 Å².